The van der Waals surface area contributed by atoms with Crippen LogP contribution in [0.2, 0.25) is 0 Å². The Morgan fingerprint density at radius 3 is 2.17 bits per heavy atom. The van der Waals surface area contributed by atoms with Crippen LogP contribution < -0.4 is 4.90 Å². The Labute approximate surface area is 170 Å². The number of aryl methyl sites for hydroxylation is 3. The molecule has 1 aromatic carbocycles. The second kappa shape index (κ2) is 7.57. The highest BCUT2D eigenvalue weighted by atomic mass is 32.2. The van der Waals surface area contributed by atoms with E-state index in [0.29, 0.717) is 36.9 Å². The van der Waals surface area contributed by atoms with Gasteiger partial charge < -0.3 is 4.90 Å². The van der Waals surface area contributed by atoms with E-state index < -0.39 is 10.0 Å². The van der Waals surface area contributed by atoms with Gasteiger partial charge in [0, 0.05) is 32.4 Å². The van der Waals surface area contributed by atoms with Crippen LogP contribution in [0.3, 0.4) is 0 Å². The molecule has 2 aromatic heterocycles. The van der Waals surface area contributed by atoms with Crippen molar-refractivity contribution in [2.45, 2.75) is 25.7 Å². The molecule has 0 spiro atoms. The zero-order valence-corrected chi connectivity index (χ0v) is 17.6. The van der Waals surface area contributed by atoms with Gasteiger partial charge in [0.15, 0.2) is 11.6 Å². The third-order valence-electron chi connectivity index (χ3n) is 5.11. The number of nitrogens with zero attached hydrogens (tertiary/aromatic N) is 6. The first-order valence-electron chi connectivity index (χ1n) is 9.52. The molecule has 1 aliphatic heterocycles. The molecule has 0 saturated carbocycles. The normalized spacial score (nSPS) is 15.6. The number of hydrogen-bond acceptors (Lipinski definition) is 6. The van der Waals surface area contributed by atoms with Crippen LogP contribution in [0.25, 0.3) is 5.82 Å². The van der Waals surface area contributed by atoms with Gasteiger partial charge >= 0.3 is 0 Å². The molecule has 1 saturated heterocycles. The van der Waals surface area contributed by atoms with E-state index in [-0.39, 0.29) is 0 Å². The van der Waals surface area contributed by atoms with Crippen LogP contribution >= 0.6 is 0 Å². The first kappa shape index (κ1) is 19.5. The van der Waals surface area contributed by atoms with Crippen molar-refractivity contribution in [3.8, 4) is 5.82 Å². The lowest BCUT2D eigenvalue weighted by molar-refractivity contribution is 0.383. The molecule has 8 nitrogen and oxygen atoms in total. The lowest BCUT2D eigenvalue weighted by Gasteiger charge is -2.34. The molecular formula is C20H24N6O2S. The topological polar surface area (TPSA) is 84.2 Å². The van der Waals surface area contributed by atoms with Crippen molar-refractivity contribution in [1.29, 1.82) is 0 Å². The van der Waals surface area contributed by atoms with Crippen LogP contribution in [-0.2, 0) is 10.0 Å². The molecule has 0 atom stereocenters. The number of hydrogen-bond donors (Lipinski definition) is 0. The molecule has 0 unspecified atom stereocenters. The summed E-state index contributed by atoms with van der Waals surface area (Å²) in [7, 11) is -3.50. The van der Waals surface area contributed by atoms with Crippen molar-refractivity contribution in [3.05, 3.63) is 59.4 Å². The number of anilines is 1. The molecule has 0 N–H and O–H groups in total. The Morgan fingerprint density at radius 2 is 1.55 bits per heavy atom. The summed E-state index contributed by atoms with van der Waals surface area (Å²) in [6, 6.07) is 9.30. The Kier molecular flexibility index (Phi) is 5.10. The van der Waals surface area contributed by atoms with E-state index in [0.717, 1.165) is 22.5 Å². The van der Waals surface area contributed by atoms with E-state index in [9.17, 15) is 8.42 Å². The predicted molar refractivity (Wildman–Crippen MR) is 111 cm³/mol. The minimum Gasteiger partial charge on any atom is -0.352 e. The van der Waals surface area contributed by atoms with Crippen LogP contribution in [0, 0.1) is 20.8 Å². The molecule has 3 heterocycles. The third kappa shape index (κ3) is 3.88. The third-order valence-corrected chi connectivity index (χ3v) is 7.15. The summed E-state index contributed by atoms with van der Waals surface area (Å²) in [5, 5.41) is 12.8. The summed E-state index contributed by atoms with van der Waals surface area (Å²) in [5.41, 5.74) is 2.76. The van der Waals surface area contributed by atoms with Crippen LogP contribution in [0.15, 0.2) is 47.6 Å². The molecule has 152 valence electrons. The Balaban J connectivity index is 1.46. The fraction of sp³-hybridized carbons (Fsp3) is 0.350. The van der Waals surface area contributed by atoms with Gasteiger partial charge in [-0.25, -0.2) is 13.1 Å². The molecule has 29 heavy (non-hydrogen) atoms. The lowest BCUT2D eigenvalue weighted by Crippen LogP contribution is -2.49. The molecule has 0 bridgehead atoms. The molecule has 0 aliphatic carbocycles. The summed E-state index contributed by atoms with van der Waals surface area (Å²) in [5.74, 6) is 1.39. The van der Waals surface area contributed by atoms with Crippen LogP contribution in [-0.4, -0.2) is 58.9 Å². The number of rotatable bonds is 4. The number of sulfonamides is 1. The van der Waals surface area contributed by atoms with Gasteiger partial charge in [-0.1, -0.05) is 12.1 Å². The van der Waals surface area contributed by atoms with Gasteiger partial charge in [-0.2, -0.15) is 9.40 Å². The fourth-order valence-electron chi connectivity index (χ4n) is 3.43. The van der Waals surface area contributed by atoms with Crippen LogP contribution in [0.4, 0.5) is 5.82 Å². The average molecular weight is 413 g/mol. The smallest absolute Gasteiger partial charge is 0.243 e. The standard InChI is InChI=1S/C20H24N6O2S/c1-15-4-5-17(3)18(12-15)29(27,28)25-10-8-24(9-11-25)19-6-7-20(23-22-19)26-14-16(2)13-21-26/h4-7,12-14H,8-11H2,1-3H3. The van der Waals surface area contributed by atoms with Gasteiger partial charge in [0.05, 0.1) is 11.1 Å². The minimum absolute atomic E-state index is 0.393. The summed E-state index contributed by atoms with van der Waals surface area (Å²) < 4.78 is 29.4. The highest BCUT2D eigenvalue weighted by Gasteiger charge is 2.30. The van der Waals surface area contributed by atoms with Gasteiger partial charge in [0.2, 0.25) is 10.0 Å². The van der Waals surface area contributed by atoms with Crippen molar-refractivity contribution >= 4 is 15.8 Å². The van der Waals surface area contributed by atoms with Crippen LogP contribution in [0.1, 0.15) is 16.7 Å². The maximum atomic E-state index is 13.1. The molecular weight excluding hydrogens is 388 g/mol. The largest absolute Gasteiger partial charge is 0.352 e. The van der Waals surface area contributed by atoms with E-state index in [2.05, 4.69) is 20.2 Å². The molecule has 0 radical (unpaired) electrons. The number of benzene rings is 1. The zero-order valence-electron chi connectivity index (χ0n) is 16.8. The monoisotopic (exact) mass is 412 g/mol. The van der Waals surface area contributed by atoms with Gasteiger partial charge in [0.25, 0.3) is 0 Å². The molecule has 1 fully saturated rings. The van der Waals surface area contributed by atoms with Crippen molar-refractivity contribution in [2.75, 3.05) is 31.1 Å². The van der Waals surface area contributed by atoms with Gasteiger partial charge in [-0.3, -0.25) is 0 Å². The van der Waals surface area contributed by atoms with Crippen molar-refractivity contribution in [3.63, 3.8) is 0 Å². The van der Waals surface area contributed by atoms with Gasteiger partial charge in [-0.05, 0) is 55.7 Å². The second-order valence-corrected chi connectivity index (χ2v) is 9.28. The van der Waals surface area contributed by atoms with E-state index in [1.54, 1.807) is 21.3 Å². The quantitative estimate of drug-likeness (QED) is 0.653. The lowest BCUT2D eigenvalue weighted by atomic mass is 10.2. The first-order valence-corrected chi connectivity index (χ1v) is 11.0. The molecule has 4 rings (SSSR count). The first-order chi connectivity index (χ1) is 13.8. The van der Waals surface area contributed by atoms with Crippen molar-refractivity contribution < 1.29 is 8.42 Å². The minimum atomic E-state index is -3.50. The van der Waals surface area contributed by atoms with E-state index in [1.165, 1.54) is 0 Å². The van der Waals surface area contributed by atoms with E-state index in [1.807, 2.05) is 51.2 Å². The molecule has 9 heteroatoms. The van der Waals surface area contributed by atoms with Gasteiger partial charge in [-0.15, -0.1) is 10.2 Å². The summed E-state index contributed by atoms with van der Waals surface area (Å²) >= 11 is 0. The Morgan fingerprint density at radius 1 is 0.862 bits per heavy atom. The summed E-state index contributed by atoms with van der Waals surface area (Å²) in [6.07, 6.45) is 3.66. The average Bonchev–Trinajstić information content (AvgIpc) is 3.16. The summed E-state index contributed by atoms with van der Waals surface area (Å²) in [4.78, 5) is 2.45. The predicted octanol–water partition coefficient (Wildman–Crippen LogP) is 2.10. The van der Waals surface area contributed by atoms with E-state index >= 15 is 0 Å². The maximum Gasteiger partial charge on any atom is 0.243 e. The highest BCUT2D eigenvalue weighted by Crippen LogP contribution is 2.23. The molecule has 0 amide bonds. The maximum absolute atomic E-state index is 13.1. The van der Waals surface area contributed by atoms with Crippen molar-refractivity contribution in [1.82, 2.24) is 24.3 Å². The fourth-order valence-corrected chi connectivity index (χ4v) is 5.16. The SMILES string of the molecule is Cc1ccc(C)c(S(=O)(=O)N2CCN(c3ccc(-n4cc(C)cn4)nn3)CC2)c1. The van der Waals surface area contributed by atoms with Gasteiger partial charge in [0.1, 0.15) is 0 Å². The highest BCUT2D eigenvalue weighted by molar-refractivity contribution is 7.89. The summed E-state index contributed by atoms with van der Waals surface area (Å²) in [6.45, 7) is 7.67. The van der Waals surface area contributed by atoms with Crippen molar-refractivity contribution in [2.24, 2.45) is 0 Å². The molecule has 1 aliphatic rings. The second-order valence-electron chi connectivity index (χ2n) is 7.37. The Bertz CT molecular complexity index is 1120. The number of aromatic nitrogens is 4. The Hall–Kier alpha value is -2.78. The van der Waals surface area contributed by atoms with E-state index in [4.69, 9.17) is 0 Å². The van der Waals surface area contributed by atoms with Crippen LogP contribution in [0.5, 0.6) is 0 Å². The number of piperazine rings is 1. The molecule has 3 aromatic rings. The zero-order chi connectivity index (χ0) is 20.6.